The number of hydrogen-bond acceptors (Lipinski definition) is 1. The molecule has 0 aromatic rings. The van der Waals surface area contributed by atoms with Crippen LogP contribution in [-0.2, 0) is 0 Å². The van der Waals surface area contributed by atoms with Crippen LogP contribution in [-0.4, -0.2) is 34.0 Å². The summed E-state index contributed by atoms with van der Waals surface area (Å²) in [6.45, 7) is 0. The molecule has 2 N–H and O–H groups in total. The van der Waals surface area contributed by atoms with Crippen molar-refractivity contribution in [3.05, 3.63) is 0 Å². The van der Waals surface area contributed by atoms with Gasteiger partial charge < -0.3 is 10.2 Å². The van der Waals surface area contributed by atoms with Crippen LogP contribution in [0.1, 0.15) is 0 Å². The van der Waals surface area contributed by atoms with Gasteiger partial charge in [0, 0.05) is 0 Å². The fourth-order valence-corrected chi connectivity index (χ4v) is 0. The molecule has 0 aromatic heterocycles. The number of rotatable bonds is 0. The Kier molecular flexibility index (Phi) is 6.74. The molecule has 3 nitrogen and oxygen atoms in total. The summed E-state index contributed by atoms with van der Waals surface area (Å²) >= 11 is 0. The molecule has 0 radical (unpaired) electrons. The number of carboxylic acid groups (broad SMARTS) is 2. The van der Waals surface area contributed by atoms with Crippen molar-refractivity contribution in [2.24, 2.45) is 0 Å². The molecule has 0 spiro atoms. The third-order valence-corrected chi connectivity index (χ3v) is 0. The van der Waals surface area contributed by atoms with Crippen molar-refractivity contribution in [1.29, 1.82) is 0 Å². The molecule has 0 heterocycles. The minimum absolute atomic E-state index is 0. The van der Waals surface area contributed by atoms with Crippen LogP contribution in [0.2, 0.25) is 0 Å². The zero-order valence-electron chi connectivity index (χ0n) is 1.80. The summed E-state index contributed by atoms with van der Waals surface area (Å²) in [5, 5.41) is 13.9. The van der Waals surface area contributed by atoms with Crippen molar-refractivity contribution in [2.45, 2.75) is 0 Å². The predicted molar refractivity (Wildman–Crippen MR) is 22.0 cm³/mol. The van der Waals surface area contributed by atoms with Crippen LogP contribution in [0.5, 0.6) is 0 Å². The third-order valence-electron chi connectivity index (χ3n) is 0. The molecule has 0 amide bonds. The van der Waals surface area contributed by atoms with Crippen molar-refractivity contribution in [1.82, 2.24) is 0 Å². The normalized spacial score (nSPS) is 4.80. The van der Waals surface area contributed by atoms with Crippen LogP contribution < -0.4 is 0 Å². The van der Waals surface area contributed by atoms with E-state index < -0.39 is 6.16 Å². The molecule has 0 aliphatic rings. The van der Waals surface area contributed by atoms with Gasteiger partial charge in [0.15, 0.2) is 0 Å². The quantitative estimate of drug-likeness (QED) is 0.413. The van der Waals surface area contributed by atoms with Gasteiger partial charge in [-0.25, -0.2) is 4.79 Å². The zero-order valence-corrected chi connectivity index (χ0v) is 1.80. The van der Waals surface area contributed by atoms with E-state index in [4.69, 9.17) is 15.0 Å². The van der Waals surface area contributed by atoms with Crippen molar-refractivity contribution in [3.63, 3.8) is 0 Å². The monoisotopic (exact) mass is 140 g/mol. The predicted octanol–water partition coefficient (Wildman–Crippen LogP) is -1.23. The van der Waals surface area contributed by atoms with Crippen LogP contribution in [0.15, 0.2) is 0 Å². The van der Waals surface area contributed by atoms with E-state index in [0.717, 1.165) is 0 Å². The van der Waals surface area contributed by atoms with Crippen LogP contribution in [0, 0.1) is 0 Å². The summed E-state index contributed by atoms with van der Waals surface area (Å²) in [5.74, 6) is 0. The van der Waals surface area contributed by atoms with E-state index >= 15 is 0 Å². The Balaban J connectivity index is 0. The molecule has 0 aromatic carbocycles. The number of carbonyl (C=O) groups is 1. The second-order valence-corrected chi connectivity index (χ2v) is 0.283. The van der Waals surface area contributed by atoms with Gasteiger partial charge in [0.05, 0.1) is 0 Å². The van der Waals surface area contributed by atoms with Crippen LogP contribution in [0.25, 0.3) is 0 Å². The van der Waals surface area contributed by atoms with E-state index in [-0.39, 0.29) is 17.6 Å². The van der Waals surface area contributed by atoms with Gasteiger partial charge in [-0.1, -0.05) is 0 Å². The minimum atomic E-state index is -1.83. The first-order valence-electron chi connectivity index (χ1n) is 0.651. The van der Waals surface area contributed by atoms with E-state index in [0.29, 0.717) is 0 Å². The fraction of sp³-hybridized carbons (Fsp3) is 0. The SMILES string of the molecule is O=C(O)O.[GeH4]. The summed E-state index contributed by atoms with van der Waals surface area (Å²) in [6, 6.07) is 0. The molecule has 0 saturated heterocycles. The Hall–Kier alpha value is -0.187. The van der Waals surface area contributed by atoms with E-state index in [1.54, 1.807) is 0 Å². The Labute approximate surface area is 39.6 Å². The molecule has 32 valence electrons. The van der Waals surface area contributed by atoms with Crippen molar-refractivity contribution in [3.8, 4) is 0 Å². The van der Waals surface area contributed by atoms with Gasteiger partial charge in [-0.2, -0.15) is 0 Å². The molecule has 0 rings (SSSR count). The van der Waals surface area contributed by atoms with Crippen molar-refractivity contribution in [2.75, 3.05) is 0 Å². The molecule has 5 heavy (non-hydrogen) atoms. The van der Waals surface area contributed by atoms with E-state index in [2.05, 4.69) is 0 Å². The first kappa shape index (κ1) is 8.84. The van der Waals surface area contributed by atoms with E-state index in [9.17, 15) is 0 Å². The molecule has 0 bridgehead atoms. The van der Waals surface area contributed by atoms with Gasteiger partial charge in [0.25, 0.3) is 0 Å². The van der Waals surface area contributed by atoms with Gasteiger partial charge in [-0.15, -0.1) is 0 Å². The standard InChI is InChI=1S/CH2O3.GeH4/c2-1(3)4;/h(H2,2,3,4);1H4. The maximum absolute atomic E-state index is 8.56. The molecule has 0 aliphatic heterocycles. The van der Waals surface area contributed by atoms with E-state index in [1.807, 2.05) is 0 Å². The van der Waals surface area contributed by atoms with Gasteiger partial charge >= 0.3 is 23.8 Å². The average Bonchev–Trinajstić information content (AvgIpc) is 0.811. The Morgan fingerprint density at radius 1 is 1.40 bits per heavy atom. The maximum atomic E-state index is 8.56. The summed E-state index contributed by atoms with van der Waals surface area (Å²) < 4.78 is 0. The molecule has 0 saturated carbocycles. The Morgan fingerprint density at radius 3 is 1.40 bits per heavy atom. The van der Waals surface area contributed by atoms with Crippen molar-refractivity contribution < 1.29 is 15.0 Å². The van der Waals surface area contributed by atoms with Crippen LogP contribution in [0.3, 0.4) is 0 Å². The third kappa shape index (κ3) is 358. The number of hydrogen-bond donors (Lipinski definition) is 2. The zero-order chi connectivity index (χ0) is 3.58. The van der Waals surface area contributed by atoms with Crippen molar-refractivity contribution >= 4 is 23.8 Å². The summed E-state index contributed by atoms with van der Waals surface area (Å²) in [4.78, 5) is 8.56. The fourth-order valence-electron chi connectivity index (χ4n) is 0. The second-order valence-electron chi connectivity index (χ2n) is 0.283. The van der Waals surface area contributed by atoms with Crippen LogP contribution in [0.4, 0.5) is 4.79 Å². The molecule has 0 atom stereocenters. The molecule has 0 unspecified atom stereocenters. The first-order valence-corrected chi connectivity index (χ1v) is 0.651. The molecule has 0 aliphatic carbocycles. The Bertz CT molecular complexity index is 29.9. The topological polar surface area (TPSA) is 57.5 Å². The second kappa shape index (κ2) is 3.81. The summed E-state index contributed by atoms with van der Waals surface area (Å²) in [7, 11) is 0. The van der Waals surface area contributed by atoms with Gasteiger partial charge in [0.1, 0.15) is 0 Å². The average molecular weight is 139 g/mol. The Morgan fingerprint density at radius 2 is 1.40 bits per heavy atom. The molecular weight excluding hydrogens is 133 g/mol. The molecule has 4 heteroatoms. The summed E-state index contributed by atoms with van der Waals surface area (Å²) in [6.07, 6.45) is -1.83. The summed E-state index contributed by atoms with van der Waals surface area (Å²) in [5.41, 5.74) is 0. The van der Waals surface area contributed by atoms with Gasteiger partial charge in [-0.3, -0.25) is 0 Å². The van der Waals surface area contributed by atoms with E-state index in [1.165, 1.54) is 0 Å². The first-order chi connectivity index (χ1) is 1.73. The molecule has 0 fully saturated rings. The molecular formula is CH6GeO3. The van der Waals surface area contributed by atoms with Gasteiger partial charge in [-0.05, 0) is 0 Å². The van der Waals surface area contributed by atoms with Gasteiger partial charge in [0.2, 0.25) is 0 Å². The van der Waals surface area contributed by atoms with Crippen LogP contribution >= 0.6 is 0 Å².